The molecule has 2 N–H and O–H groups in total. The predicted octanol–water partition coefficient (Wildman–Crippen LogP) is 1.93. The molecule has 3 rings (SSSR count). The molecule has 0 aromatic carbocycles. The molecule has 0 bridgehead atoms. The summed E-state index contributed by atoms with van der Waals surface area (Å²) in [5.74, 6) is 0.345. The first-order chi connectivity index (χ1) is 14.5. The van der Waals surface area contributed by atoms with Crippen molar-refractivity contribution in [1.82, 2.24) is 25.1 Å². The number of anilines is 1. The van der Waals surface area contributed by atoms with E-state index in [0.29, 0.717) is 36.3 Å². The van der Waals surface area contributed by atoms with Crippen molar-refractivity contribution in [1.29, 1.82) is 0 Å². The fourth-order valence-corrected chi connectivity index (χ4v) is 3.17. The van der Waals surface area contributed by atoms with Crippen molar-refractivity contribution in [3.8, 4) is 0 Å². The number of rotatable bonds is 11. The van der Waals surface area contributed by atoms with Gasteiger partial charge in [-0.3, -0.25) is 14.9 Å². The number of aromatic nitrogens is 4. The summed E-state index contributed by atoms with van der Waals surface area (Å²) in [4.78, 5) is 31.2. The van der Waals surface area contributed by atoms with Crippen LogP contribution < -0.4 is 10.6 Å². The van der Waals surface area contributed by atoms with Crippen LogP contribution in [0.25, 0.3) is 11.0 Å². The van der Waals surface area contributed by atoms with Gasteiger partial charge < -0.3 is 19.8 Å². The van der Waals surface area contributed by atoms with Crippen LogP contribution >= 0.6 is 11.8 Å². The number of hydrogen-bond donors (Lipinski definition) is 2. The molecular weight excluding hydrogens is 414 g/mol. The molecule has 0 aliphatic heterocycles. The number of fused-ring (bicyclic) bond motifs is 1. The molecular formula is C17H21N7O5S. The van der Waals surface area contributed by atoms with Crippen LogP contribution in [-0.4, -0.2) is 63.1 Å². The van der Waals surface area contributed by atoms with Crippen molar-refractivity contribution in [2.24, 2.45) is 0 Å². The highest BCUT2D eigenvalue weighted by Crippen LogP contribution is 2.24. The van der Waals surface area contributed by atoms with Crippen molar-refractivity contribution >= 4 is 40.4 Å². The highest BCUT2D eigenvalue weighted by atomic mass is 32.2. The molecule has 13 heteroatoms. The molecule has 0 spiro atoms. The van der Waals surface area contributed by atoms with Crippen LogP contribution in [0.2, 0.25) is 0 Å². The van der Waals surface area contributed by atoms with E-state index < -0.39 is 16.7 Å². The van der Waals surface area contributed by atoms with Crippen molar-refractivity contribution in [2.45, 2.75) is 18.6 Å². The van der Waals surface area contributed by atoms with Gasteiger partial charge in [0.25, 0.3) is 5.91 Å². The average Bonchev–Trinajstić information content (AvgIpc) is 3.36. The van der Waals surface area contributed by atoms with E-state index in [4.69, 9.17) is 9.15 Å². The molecule has 3 aromatic rings. The van der Waals surface area contributed by atoms with E-state index in [2.05, 4.69) is 25.7 Å². The van der Waals surface area contributed by atoms with Gasteiger partial charge in [0, 0.05) is 20.2 Å². The number of carbonyl (C=O) groups excluding carboxylic acids is 1. The standard InChI is InChI=1S/C17H21N7O5S/c1-3-30-17-21-14(18-7-9-28-2)11-10-20-23(15(11)22-17)8-6-19-16(25)12-4-5-13(29-12)24(26)27/h4-5,10H,3,6-9H2,1-2H3,(H,19,25)(H,18,21,22). The number of furan rings is 1. The maximum atomic E-state index is 12.1. The summed E-state index contributed by atoms with van der Waals surface area (Å²) < 4.78 is 11.6. The summed E-state index contributed by atoms with van der Waals surface area (Å²) in [6.07, 6.45) is 1.67. The Bertz CT molecular complexity index is 1030. The summed E-state index contributed by atoms with van der Waals surface area (Å²) >= 11 is 1.51. The molecule has 12 nitrogen and oxygen atoms in total. The van der Waals surface area contributed by atoms with Gasteiger partial charge in [-0.05, 0) is 11.8 Å². The molecule has 0 radical (unpaired) electrons. The fourth-order valence-electron chi connectivity index (χ4n) is 2.61. The van der Waals surface area contributed by atoms with Crippen molar-refractivity contribution < 1.29 is 18.9 Å². The molecule has 0 atom stereocenters. The molecule has 0 aliphatic carbocycles. The minimum Gasteiger partial charge on any atom is -0.395 e. The molecule has 0 unspecified atom stereocenters. The van der Waals surface area contributed by atoms with E-state index in [-0.39, 0.29) is 12.3 Å². The monoisotopic (exact) mass is 435 g/mol. The quantitative estimate of drug-likeness (QED) is 0.150. The second kappa shape index (κ2) is 10.0. The fraction of sp³-hybridized carbons (Fsp3) is 0.412. The van der Waals surface area contributed by atoms with Gasteiger partial charge in [0.05, 0.1) is 30.8 Å². The van der Waals surface area contributed by atoms with E-state index in [0.717, 1.165) is 17.2 Å². The largest absolute Gasteiger partial charge is 0.433 e. The van der Waals surface area contributed by atoms with Gasteiger partial charge in [0.2, 0.25) is 0 Å². The maximum Gasteiger partial charge on any atom is 0.433 e. The van der Waals surface area contributed by atoms with Crippen LogP contribution in [0.1, 0.15) is 17.5 Å². The van der Waals surface area contributed by atoms with Gasteiger partial charge in [-0.15, -0.1) is 0 Å². The predicted molar refractivity (Wildman–Crippen MR) is 110 cm³/mol. The van der Waals surface area contributed by atoms with Crippen LogP contribution in [0.15, 0.2) is 27.9 Å². The van der Waals surface area contributed by atoms with E-state index in [1.54, 1.807) is 18.0 Å². The Hall–Kier alpha value is -3.19. The summed E-state index contributed by atoms with van der Waals surface area (Å²) in [5, 5.41) is 22.3. The van der Waals surface area contributed by atoms with Crippen molar-refractivity contribution in [2.75, 3.05) is 37.9 Å². The molecule has 0 aliphatic rings. The lowest BCUT2D eigenvalue weighted by molar-refractivity contribution is -0.402. The molecule has 0 saturated heterocycles. The van der Waals surface area contributed by atoms with Gasteiger partial charge in [-0.1, -0.05) is 18.7 Å². The minimum atomic E-state index is -0.698. The average molecular weight is 435 g/mol. The Morgan fingerprint density at radius 1 is 1.37 bits per heavy atom. The summed E-state index contributed by atoms with van der Waals surface area (Å²) in [7, 11) is 1.63. The van der Waals surface area contributed by atoms with E-state index in [1.807, 2.05) is 6.92 Å². The topological polar surface area (TPSA) is 150 Å². The normalized spacial score (nSPS) is 11.0. The van der Waals surface area contributed by atoms with Crippen LogP contribution in [0.3, 0.4) is 0 Å². The molecule has 0 fully saturated rings. The van der Waals surface area contributed by atoms with Crippen molar-refractivity contribution in [3.05, 3.63) is 34.2 Å². The van der Waals surface area contributed by atoms with E-state index in [1.165, 1.54) is 17.8 Å². The third kappa shape index (κ3) is 5.04. The second-order valence-corrected chi connectivity index (χ2v) is 7.19. The first kappa shape index (κ1) is 21.5. The third-order valence-electron chi connectivity index (χ3n) is 3.95. The lowest BCUT2D eigenvalue weighted by atomic mass is 10.4. The summed E-state index contributed by atoms with van der Waals surface area (Å²) in [5.41, 5.74) is 0.642. The van der Waals surface area contributed by atoms with Gasteiger partial charge in [0.1, 0.15) is 10.7 Å². The van der Waals surface area contributed by atoms with Gasteiger partial charge in [0.15, 0.2) is 16.6 Å². The smallest absolute Gasteiger partial charge is 0.395 e. The summed E-state index contributed by atoms with van der Waals surface area (Å²) in [6, 6.07) is 2.40. The minimum absolute atomic E-state index is 0.124. The SMILES string of the molecule is CCSc1nc(NCCOC)c2cnn(CCNC(=O)c3ccc([N+](=O)[O-])o3)c2n1. The zero-order chi connectivity index (χ0) is 21.5. The number of hydrogen-bond acceptors (Lipinski definition) is 10. The number of carbonyl (C=O) groups is 1. The van der Waals surface area contributed by atoms with Gasteiger partial charge >= 0.3 is 5.88 Å². The first-order valence-electron chi connectivity index (χ1n) is 9.15. The highest BCUT2D eigenvalue weighted by Gasteiger charge is 2.17. The molecule has 0 saturated carbocycles. The maximum absolute atomic E-state index is 12.1. The lowest BCUT2D eigenvalue weighted by Gasteiger charge is -2.09. The Kier molecular flexibility index (Phi) is 7.19. The Morgan fingerprint density at radius 2 is 2.20 bits per heavy atom. The molecule has 160 valence electrons. The van der Waals surface area contributed by atoms with Gasteiger partial charge in [-0.25, -0.2) is 14.6 Å². The number of nitro groups is 1. The number of amides is 1. The van der Waals surface area contributed by atoms with Crippen LogP contribution in [0.5, 0.6) is 0 Å². The summed E-state index contributed by atoms with van der Waals surface area (Å²) in [6.45, 7) is 3.73. The molecule has 3 aromatic heterocycles. The van der Waals surface area contributed by atoms with Crippen LogP contribution in [-0.2, 0) is 11.3 Å². The molecule has 1 amide bonds. The zero-order valence-corrected chi connectivity index (χ0v) is 17.3. The highest BCUT2D eigenvalue weighted by molar-refractivity contribution is 7.99. The Balaban J connectivity index is 1.70. The van der Waals surface area contributed by atoms with Crippen molar-refractivity contribution in [3.63, 3.8) is 0 Å². The molecule has 30 heavy (non-hydrogen) atoms. The number of nitrogens with one attached hydrogen (secondary N) is 2. The number of thioether (sulfide) groups is 1. The number of nitrogens with zero attached hydrogens (tertiary/aromatic N) is 5. The third-order valence-corrected chi connectivity index (χ3v) is 4.68. The first-order valence-corrected chi connectivity index (χ1v) is 10.1. The Labute approximate surface area is 175 Å². The Morgan fingerprint density at radius 3 is 2.90 bits per heavy atom. The lowest BCUT2D eigenvalue weighted by Crippen LogP contribution is -2.27. The zero-order valence-electron chi connectivity index (χ0n) is 16.5. The van der Waals surface area contributed by atoms with Crippen LogP contribution in [0, 0.1) is 10.1 Å². The second-order valence-electron chi connectivity index (χ2n) is 5.96. The van der Waals surface area contributed by atoms with E-state index >= 15 is 0 Å². The van der Waals surface area contributed by atoms with Gasteiger partial charge in [-0.2, -0.15) is 5.10 Å². The van der Waals surface area contributed by atoms with Crippen LogP contribution in [0.4, 0.5) is 11.7 Å². The number of methoxy groups -OCH3 is 1. The number of ether oxygens (including phenoxy) is 1. The van der Waals surface area contributed by atoms with E-state index in [9.17, 15) is 14.9 Å². The molecule has 3 heterocycles.